The van der Waals surface area contributed by atoms with Crippen LogP contribution in [0, 0.1) is 5.92 Å². The summed E-state index contributed by atoms with van der Waals surface area (Å²) in [6, 6.07) is 6.99. The van der Waals surface area contributed by atoms with Crippen LogP contribution >= 0.6 is 28.3 Å². The Morgan fingerprint density at radius 2 is 2.25 bits per heavy atom. The molecule has 20 heavy (non-hydrogen) atoms. The first kappa shape index (κ1) is 16.1. The van der Waals surface area contributed by atoms with E-state index in [9.17, 15) is 0 Å². The molecule has 2 atom stereocenters. The predicted octanol–water partition coefficient (Wildman–Crippen LogP) is 3.06. The van der Waals surface area contributed by atoms with Gasteiger partial charge in [-0.05, 0) is 55.6 Å². The highest BCUT2D eigenvalue weighted by Crippen LogP contribution is 2.28. The topological polar surface area (TPSA) is 24.5 Å². The molecule has 0 radical (unpaired) electrons. The number of halogens is 2. The molecule has 2 saturated heterocycles. The maximum atomic E-state index is 5.32. The second kappa shape index (κ2) is 7.12. The molecule has 5 heteroatoms. The van der Waals surface area contributed by atoms with Crippen LogP contribution in [0.15, 0.2) is 22.7 Å². The van der Waals surface area contributed by atoms with E-state index in [0.29, 0.717) is 0 Å². The van der Waals surface area contributed by atoms with Gasteiger partial charge in [-0.25, -0.2) is 0 Å². The van der Waals surface area contributed by atoms with Crippen LogP contribution in [-0.4, -0.2) is 37.7 Å². The van der Waals surface area contributed by atoms with Gasteiger partial charge < -0.3 is 10.1 Å². The summed E-state index contributed by atoms with van der Waals surface area (Å²) in [5.74, 6) is 1.79. The smallest absolute Gasteiger partial charge is 0.119 e. The lowest BCUT2D eigenvalue weighted by atomic mass is 9.93. The zero-order chi connectivity index (χ0) is 13.2. The van der Waals surface area contributed by atoms with Crippen molar-refractivity contribution in [1.29, 1.82) is 0 Å². The zero-order valence-corrected chi connectivity index (χ0v) is 14.2. The van der Waals surface area contributed by atoms with Crippen LogP contribution < -0.4 is 10.1 Å². The van der Waals surface area contributed by atoms with Crippen LogP contribution in [0.25, 0.3) is 0 Å². The van der Waals surface area contributed by atoms with Crippen LogP contribution in [0.1, 0.15) is 18.4 Å². The molecular weight excluding hydrogens is 340 g/mol. The minimum Gasteiger partial charge on any atom is -0.497 e. The van der Waals surface area contributed by atoms with E-state index >= 15 is 0 Å². The number of likely N-dealkylation sites (tertiary alicyclic amines) is 1. The summed E-state index contributed by atoms with van der Waals surface area (Å²) in [5, 5.41) is 3.62. The number of nitrogens with one attached hydrogen (secondary N) is 1. The van der Waals surface area contributed by atoms with Gasteiger partial charge in [0.25, 0.3) is 0 Å². The molecule has 0 saturated carbocycles. The summed E-state index contributed by atoms with van der Waals surface area (Å²) in [4.78, 5) is 2.58. The van der Waals surface area contributed by atoms with E-state index < -0.39 is 0 Å². The molecule has 2 heterocycles. The number of rotatable bonds is 3. The third-order valence-corrected chi connectivity index (χ3v) is 5.16. The molecule has 2 fully saturated rings. The predicted molar refractivity (Wildman–Crippen MR) is 87.7 cm³/mol. The number of hydrogen-bond acceptors (Lipinski definition) is 3. The second-order valence-corrected chi connectivity index (χ2v) is 6.44. The van der Waals surface area contributed by atoms with Gasteiger partial charge in [-0.2, -0.15) is 0 Å². The molecule has 0 bridgehead atoms. The monoisotopic (exact) mass is 360 g/mol. The van der Waals surface area contributed by atoms with Crippen molar-refractivity contribution in [2.75, 3.05) is 26.7 Å². The summed E-state index contributed by atoms with van der Waals surface area (Å²) >= 11 is 3.65. The number of fused-ring (bicyclic) bond motifs is 1. The summed E-state index contributed by atoms with van der Waals surface area (Å²) < 4.78 is 6.50. The fourth-order valence-corrected chi connectivity index (χ4v) is 3.68. The quantitative estimate of drug-likeness (QED) is 0.895. The third-order valence-electron chi connectivity index (χ3n) is 4.39. The first-order valence-corrected chi connectivity index (χ1v) is 7.83. The molecule has 1 N–H and O–H groups in total. The van der Waals surface area contributed by atoms with Crippen molar-refractivity contribution in [2.24, 2.45) is 5.92 Å². The molecule has 2 unspecified atom stereocenters. The maximum absolute atomic E-state index is 5.32. The number of ether oxygens (including phenoxy) is 1. The Bertz CT molecular complexity index is 457. The number of hydrogen-bond donors (Lipinski definition) is 1. The van der Waals surface area contributed by atoms with Crippen LogP contribution in [-0.2, 0) is 6.54 Å². The average molecular weight is 362 g/mol. The highest BCUT2D eigenvalue weighted by atomic mass is 79.9. The summed E-state index contributed by atoms with van der Waals surface area (Å²) in [7, 11) is 1.72. The van der Waals surface area contributed by atoms with E-state index in [1.807, 2.05) is 6.07 Å². The maximum Gasteiger partial charge on any atom is 0.119 e. The molecule has 0 amide bonds. The van der Waals surface area contributed by atoms with E-state index in [1.54, 1.807) is 7.11 Å². The second-order valence-electron chi connectivity index (χ2n) is 5.59. The van der Waals surface area contributed by atoms with Gasteiger partial charge in [0.1, 0.15) is 5.75 Å². The summed E-state index contributed by atoms with van der Waals surface area (Å²) in [5.41, 5.74) is 1.32. The van der Waals surface area contributed by atoms with Gasteiger partial charge in [0.15, 0.2) is 0 Å². The van der Waals surface area contributed by atoms with Crippen LogP contribution in [0.4, 0.5) is 0 Å². The van der Waals surface area contributed by atoms with Gasteiger partial charge >= 0.3 is 0 Å². The van der Waals surface area contributed by atoms with E-state index in [0.717, 1.165) is 24.3 Å². The SMILES string of the molecule is COc1ccc(Br)c(CN2CCC3NCCC3C2)c1.Cl. The van der Waals surface area contributed by atoms with Crippen molar-refractivity contribution in [3.05, 3.63) is 28.2 Å². The van der Waals surface area contributed by atoms with Gasteiger partial charge in [0, 0.05) is 23.6 Å². The van der Waals surface area contributed by atoms with Crippen molar-refractivity contribution in [2.45, 2.75) is 25.4 Å². The number of methoxy groups -OCH3 is 1. The van der Waals surface area contributed by atoms with Gasteiger partial charge in [0.2, 0.25) is 0 Å². The molecule has 3 rings (SSSR count). The molecule has 2 aliphatic heterocycles. The van der Waals surface area contributed by atoms with Crippen LogP contribution in [0.2, 0.25) is 0 Å². The molecule has 1 aromatic rings. The Balaban J connectivity index is 0.00000147. The fraction of sp³-hybridized carbons (Fsp3) is 0.600. The largest absolute Gasteiger partial charge is 0.497 e. The Morgan fingerprint density at radius 1 is 1.40 bits per heavy atom. The highest BCUT2D eigenvalue weighted by molar-refractivity contribution is 9.10. The lowest BCUT2D eigenvalue weighted by Crippen LogP contribution is -2.43. The van der Waals surface area contributed by atoms with Gasteiger partial charge in [-0.15, -0.1) is 12.4 Å². The summed E-state index contributed by atoms with van der Waals surface area (Å²) in [6.07, 6.45) is 2.62. The molecular formula is C15H22BrClN2O. The van der Waals surface area contributed by atoms with Gasteiger partial charge in [-0.1, -0.05) is 15.9 Å². The normalized spacial score (nSPS) is 25.9. The number of benzene rings is 1. The molecule has 0 aliphatic carbocycles. The highest BCUT2D eigenvalue weighted by Gasteiger charge is 2.32. The molecule has 112 valence electrons. The van der Waals surface area contributed by atoms with Crippen molar-refractivity contribution < 1.29 is 4.74 Å². The molecule has 0 aromatic heterocycles. The standard InChI is InChI=1S/C15H21BrN2O.ClH/c1-19-13-2-3-14(16)12(8-13)10-18-7-5-15-11(9-18)4-6-17-15;/h2-3,8,11,15,17H,4-7,9-10H2,1H3;1H. The fourth-order valence-electron chi connectivity index (χ4n) is 3.31. The van der Waals surface area contributed by atoms with E-state index in [1.165, 1.54) is 42.5 Å². The summed E-state index contributed by atoms with van der Waals surface area (Å²) in [6.45, 7) is 4.63. The first-order chi connectivity index (χ1) is 9.26. The van der Waals surface area contributed by atoms with Gasteiger partial charge in [-0.3, -0.25) is 4.90 Å². The lowest BCUT2D eigenvalue weighted by Gasteiger charge is -2.35. The minimum absolute atomic E-state index is 0. The first-order valence-electron chi connectivity index (χ1n) is 7.04. The molecule has 2 aliphatic rings. The van der Waals surface area contributed by atoms with Crippen molar-refractivity contribution in [3.63, 3.8) is 0 Å². The van der Waals surface area contributed by atoms with Crippen molar-refractivity contribution >= 4 is 28.3 Å². The van der Waals surface area contributed by atoms with E-state index in [-0.39, 0.29) is 12.4 Å². The van der Waals surface area contributed by atoms with E-state index in [4.69, 9.17) is 4.74 Å². The number of nitrogens with zero attached hydrogens (tertiary/aromatic N) is 1. The Kier molecular flexibility index (Phi) is 5.73. The Labute approximate surface area is 135 Å². The molecule has 1 aromatic carbocycles. The molecule has 0 spiro atoms. The average Bonchev–Trinajstić information content (AvgIpc) is 2.89. The van der Waals surface area contributed by atoms with Crippen molar-refractivity contribution in [1.82, 2.24) is 10.2 Å². The zero-order valence-electron chi connectivity index (χ0n) is 11.8. The minimum atomic E-state index is 0. The van der Waals surface area contributed by atoms with E-state index in [2.05, 4.69) is 38.3 Å². The Morgan fingerprint density at radius 3 is 3.05 bits per heavy atom. The van der Waals surface area contributed by atoms with Crippen LogP contribution in [0.5, 0.6) is 5.75 Å². The molecule has 3 nitrogen and oxygen atoms in total. The third kappa shape index (κ3) is 3.48. The Hall–Kier alpha value is -0.290. The lowest BCUT2D eigenvalue weighted by molar-refractivity contribution is 0.155. The number of piperidine rings is 1. The van der Waals surface area contributed by atoms with Crippen molar-refractivity contribution in [3.8, 4) is 5.75 Å². The van der Waals surface area contributed by atoms with Gasteiger partial charge in [0.05, 0.1) is 7.11 Å². The van der Waals surface area contributed by atoms with Crippen LogP contribution in [0.3, 0.4) is 0 Å².